The maximum absolute atomic E-state index is 5.93. The molecule has 0 saturated carbocycles. The van der Waals surface area contributed by atoms with E-state index in [2.05, 4.69) is 18.2 Å². The Morgan fingerprint density at radius 1 is 1.17 bits per heavy atom. The van der Waals surface area contributed by atoms with Gasteiger partial charge in [0, 0.05) is 18.7 Å². The van der Waals surface area contributed by atoms with Crippen LogP contribution in [0, 0.1) is 0 Å². The largest absolute Gasteiger partial charge is 0.467 e. The fraction of sp³-hybridized carbons (Fsp3) is 0.333. The van der Waals surface area contributed by atoms with Gasteiger partial charge in [0.15, 0.2) is 6.79 Å². The van der Waals surface area contributed by atoms with E-state index >= 15 is 0 Å². The number of nitrogens with two attached hydrogens (primary N) is 1. The molecule has 0 amide bonds. The van der Waals surface area contributed by atoms with Crippen LogP contribution >= 0.6 is 0 Å². The van der Waals surface area contributed by atoms with Crippen LogP contribution in [0.25, 0.3) is 10.8 Å². The van der Waals surface area contributed by atoms with Crippen molar-refractivity contribution in [1.29, 1.82) is 0 Å². The van der Waals surface area contributed by atoms with Gasteiger partial charge in [-0.3, -0.25) is 0 Å². The first-order valence-corrected chi connectivity index (χ1v) is 6.10. The quantitative estimate of drug-likeness (QED) is 0.824. The van der Waals surface area contributed by atoms with Gasteiger partial charge >= 0.3 is 0 Å². The first kappa shape index (κ1) is 12.9. The van der Waals surface area contributed by atoms with Gasteiger partial charge in [0.2, 0.25) is 0 Å². The highest BCUT2D eigenvalue weighted by Gasteiger charge is 2.10. The lowest BCUT2D eigenvalue weighted by Gasteiger charge is -2.15. The third-order valence-corrected chi connectivity index (χ3v) is 2.86. The van der Waals surface area contributed by atoms with E-state index in [0.29, 0.717) is 0 Å². The minimum absolute atomic E-state index is 0.0979. The van der Waals surface area contributed by atoms with Gasteiger partial charge in [-0.1, -0.05) is 30.3 Å². The highest BCUT2D eigenvalue weighted by molar-refractivity contribution is 5.87. The van der Waals surface area contributed by atoms with Gasteiger partial charge in [0.05, 0.1) is 0 Å². The fourth-order valence-electron chi connectivity index (χ4n) is 2.11. The normalized spacial score (nSPS) is 12.6. The molecule has 0 heterocycles. The van der Waals surface area contributed by atoms with Crippen LogP contribution in [0.3, 0.4) is 0 Å². The van der Waals surface area contributed by atoms with Crippen LogP contribution in [-0.4, -0.2) is 19.9 Å². The standard InChI is InChI=1S/C15H19NO2/c1-11(16)9-14-13-6-4-3-5-12(13)7-8-15(14)18-10-17-2/h3-8,11H,9-10,16H2,1-2H3. The Balaban J connectivity index is 2.48. The van der Waals surface area contributed by atoms with E-state index in [1.54, 1.807) is 7.11 Å². The molecule has 2 aromatic carbocycles. The minimum Gasteiger partial charge on any atom is -0.467 e. The minimum atomic E-state index is 0.0979. The Kier molecular flexibility index (Phi) is 4.18. The summed E-state index contributed by atoms with van der Waals surface area (Å²) in [5.41, 5.74) is 7.08. The second-order valence-corrected chi connectivity index (χ2v) is 4.50. The van der Waals surface area contributed by atoms with Crippen molar-refractivity contribution in [2.75, 3.05) is 13.9 Å². The second-order valence-electron chi connectivity index (χ2n) is 4.50. The van der Waals surface area contributed by atoms with Gasteiger partial charge in [0.1, 0.15) is 5.75 Å². The van der Waals surface area contributed by atoms with Crippen LogP contribution in [0.15, 0.2) is 36.4 Å². The summed E-state index contributed by atoms with van der Waals surface area (Å²) >= 11 is 0. The summed E-state index contributed by atoms with van der Waals surface area (Å²) in [6.45, 7) is 2.26. The molecule has 18 heavy (non-hydrogen) atoms. The molecule has 2 N–H and O–H groups in total. The third-order valence-electron chi connectivity index (χ3n) is 2.86. The summed E-state index contributed by atoms with van der Waals surface area (Å²) in [7, 11) is 1.62. The predicted octanol–water partition coefficient (Wildman–Crippen LogP) is 2.71. The molecular formula is C15H19NO2. The Bertz CT molecular complexity index is 523. The Morgan fingerprint density at radius 2 is 1.94 bits per heavy atom. The average molecular weight is 245 g/mol. The lowest BCUT2D eigenvalue weighted by molar-refractivity contribution is 0.0505. The molecule has 3 nitrogen and oxygen atoms in total. The van der Waals surface area contributed by atoms with Crippen molar-refractivity contribution in [3.05, 3.63) is 42.0 Å². The molecule has 0 aliphatic rings. The zero-order valence-corrected chi connectivity index (χ0v) is 10.8. The number of benzene rings is 2. The molecule has 0 aliphatic heterocycles. The molecular weight excluding hydrogens is 226 g/mol. The third kappa shape index (κ3) is 2.81. The number of hydrogen-bond acceptors (Lipinski definition) is 3. The Morgan fingerprint density at radius 3 is 2.67 bits per heavy atom. The summed E-state index contributed by atoms with van der Waals surface area (Å²) in [6, 6.07) is 12.4. The molecule has 0 aliphatic carbocycles. The van der Waals surface area contributed by atoms with Crippen molar-refractivity contribution in [3.63, 3.8) is 0 Å². The van der Waals surface area contributed by atoms with Gasteiger partial charge in [0.25, 0.3) is 0 Å². The van der Waals surface area contributed by atoms with Crippen LogP contribution in [-0.2, 0) is 11.2 Å². The van der Waals surface area contributed by atoms with Crippen molar-refractivity contribution in [1.82, 2.24) is 0 Å². The number of methoxy groups -OCH3 is 1. The summed E-state index contributed by atoms with van der Waals surface area (Å²) in [5, 5.41) is 2.40. The smallest absolute Gasteiger partial charge is 0.188 e. The van der Waals surface area contributed by atoms with Gasteiger partial charge in [-0.2, -0.15) is 0 Å². The van der Waals surface area contributed by atoms with Crippen LogP contribution in [0.5, 0.6) is 5.75 Å². The first-order valence-electron chi connectivity index (χ1n) is 6.10. The van der Waals surface area contributed by atoms with Crippen LogP contribution < -0.4 is 10.5 Å². The number of rotatable bonds is 5. The molecule has 0 aromatic heterocycles. The Labute approximate surface area is 108 Å². The monoisotopic (exact) mass is 245 g/mol. The van der Waals surface area contributed by atoms with E-state index in [-0.39, 0.29) is 12.8 Å². The lowest BCUT2D eigenvalue weighted by Crippen LogP contribution is -2.18. The summed E-state index contributed by atoms with van der Waals surface area (Å²) < 4.78 is 10.6. The van der Waals surface area contributed by atoms with Crippen molar-refractivity contribution in [3.8, 4) is 5.75 Å². The zero-order valence-electron chi connectivity index (χ0n) is 10.8. The highest BCUT2D eigenvalue weighted by atomic mass is 16.7. The molecule has 96 valence electrons. The number of fused-ring (bicyclic) bond motifs is 1. The van der Waals surface area contributed by atoms with Crippen LogP contribution in [0.1, 0.15) is 12.5 Å². The van der Waals surface area contributed by atoms with E-state index in [1.807, 2.05) is 25.1 Å². The highest BCUT2D eigenvalue weighted by Crippen LogP contribution is 2.29. The molecule has 0 bridgehead atoms. The number of ether oxygens (including phenoxy) is 2. The van der Waals surface area contributed by atoms with Crippen LogP contribution in [0.2, 0.25) is 0 Å². The molecule has 2 aromatic rings. The molecule has 1 atom stereocenters. The number of hydrogen-bond donors (Lipinski definition) is 1. The fourth-order valence-corrected chi connectivity index (χ4v) is 2.11. The molecule has 3 heteroatoms. The van der Waals surface area contributed by atoms with E-state index in [9.17, 15) is 0 Å². The molecule has 1 unspecified atom stereocenters. The maximum atomic E-state index is 5.93. The molecule has 0 spiro atoms. The second kappa shape index (κ2) is 5.85. The predicted molar refractivity (Wildman–Crippen MR) is 73.8 cm³/mol. The van der Waals surface area contributed by atoms with Crippen molar-refractivity contribution in [2.24, 2.45) is 5.73 Å². The lowest BCUT2D eigenvalue weighted by atomic mass is 9.98. The maximum Gasteiger partial charge on any atom is 0.188 e. The summed E-state index contributed by atoms with van der Waals surface area (Å²) in [5.74, 6) is 0.854. The SMILES string of the molecule is COCOc1ccc2ccccc2c1CC(C)N. The zero-order chi connectivity index (χ0) is 13.0. The van der Waals surface area contributed by atoms with E-state index in [1.165, 1.54) is 10.8 Å². The topological polar surface area (TPSA) is 44.5 Å². The van der Waals surface area contributed by atoms with Gasteiger partial charge < -0.3 is 15.2 Å². The van der Waals surface area contributed by atoms with Crippen LogP contribution in [0.4, 0.5) is 0 Å². The van der Waals surface area contributed by atoms with Crippen molar-refractivity contribution < 1.29 is 9.47 Å². The van der Waals surface area contributed by atoms with Gasteiger partial charge in [-0.05, 0) is 30.2 Å². The van der Waals surface area contributed by atoms with Gasteiger partial charge in [-0.25, -0.2) is 0 Å². The Hall–Kier alpha value is -1.58. The molecule has 0 saturated heterocycles. The molecule has 0 fully saturated rings. The summed E-state index contributed by atoms with van der Waals surface area (Å²) in [4.78, 5) is 0. The molecule has 0 radical (unpaired) electrons. The summed E-state index contributed by atoms with van der Waals surface area (Å²) in [6.07, 6.45) is 0.792. The van der Waals surface area contributed by atoms with E-state index in [4.69, 9.17) is 15.2 Å². The van der Waals surface area contributed by atoms with E-state index in [0.717, 1.165) is 17.7 Å². The van der Waals surface area contributed by atoms with Crippen molar-refractivity contribution in [2.45, 2.75) is 19.4 Å². The van der Waals surface area contributed by atoms with Crippen molar-refractivity contribution >= 4 is 10.8 Å². The van der Waals surface area contributed by atoms with Gasteiger partial charge in [-0.15, -0.1) is 0 Å². The average Bonchev–Trinajstić information content (AvgIpc) is 2.37. The van der Waals surface area contributed by atoms with E-state index < -0.39 is 0 Å². The molecule has 2 rings (SSSR count). The first-order chi connectivity index (χ1) is 8.72.